The molecule has 19 heavy (non-hydrogen) atoms. The van der Waals surface area contributed by atoms with Gasteiger partial charge in [-0.15, -0.1) is 0 Å². The molecule has 2 N–H and O–H groups in total. The number of nitrogens with zero attached hydrogens (tertiary/aromatic N) is 2. The minimum Gasteiger partial charge on any atom is -0.383 e. The van der Waals surface area contributed by atoms with Crippen molar-refractivity contribution in [3.05, 3.63) is 35.5 Å². The van der Waals surface area contributed by atoms with Crippen molar-refractivity contribution < 1.29 is 8.78 Å². The third-order valence-corrected chi connectivity index (χ3v) is 3.54. The lowest BCUT2D eigenvalue weighted by Crippen LogP contribution is -1.98. The molecule has 0 unspecified atom stereocenters. The summed E-state index contributed by atoms with van der Waals surface area (Å²) in [6.07, 6.45) is 3.17. The monoisotopic (exact) mass is 263 g/mol. The second-order valence-electron chi connectivity index (χ2n) is 5.10. The van der Waals surface area contributed by atoms with Crippen LogP contribution in [0.1, 0.15) is 18.5 Å². The van der Waals surface area contributed by atoms with Crippen molar-refractivity contribution in [2.75, 3.05) is 5.73 Å². The number of aromatic nitrogens is 2. The second-order valence-corrected chi connectivity index (χ2v) is 5.10. The van der Waals surface area contributed by atoms with Crippen molar-refractivity contribution in [2.45, 2.75) is 19.3 Å². The van der Waals surface area contributed by atoms with E-state index in [1.54, 1.807) is 11.7 Å². The maximum atomic E-state index is 13.9. The van der Waals surface area contributed by atoms with Crippen molar-refractivity contribution in [2.24, 2.45) is 13.0 Å². The Kier molecular flexibility index (Phi) is 2.77. The van der Waals surface area contributed by atoms with Gasteiger partial charge in [0, 0.05) is 24.2 Å². The van der Waals surface area contributed by atoms with Crippen molar-refractivity contribution in [3.8, 4) is 11.1 Å². The molecule has 0 saturated heterocycles. The maximum absolute atomic E-state index is 13.9. The molecular formula is C14H15F2N3. The van der Waals surface area contributed by atoms with Gasteiger partial charge in [0.25, 0.3) is 0 Å². The number of aryl methyl sites for hydroxylation is 1. The van der Waals surface area contributed by atoms with E-state index in [-0.39, 0.29) is 0 Å². The van der Waals surface area contributed by atoms with Crippen LogP contribution in [-0.4, -0.2) is 9.78 Å². The minimum atomic E-state index is -0.600. The van der Waals surface area contributed by atoms with Gasteiger partial charge in [-0.25, -0.2) is 8.78 Å². The van der Waals surface area contributed by atoms with Gasteiger partial charge in [-0.3, -0.25) is 4.68 Å². The fourth-order valence-corrected chi connectivity index (χ4v) is 2.32. The average molecular weight is 263 g/mol. The Hall–Kier alpha value is -1.91. The van der Waals surface area contributed by atoms with Crippen LogP contribution in [0.3, 0.4) is 0 Å². The molecule has 1 aliphatic rings. The fourth-order valence-electron chi connectivity index (χ4n) is 2.32. The van der Waals surface area contributed by atoms with E-state index >= 15 is 0 Å². The summed E-state index contributed by atoms with van der Waals surface area (Å²) in [4.78, 5) is 0. The van der Waals surface area contributed by atoms with Gasteiger partial charge in [0.15, 0.2) is 0 Å². The molecule has 1 aromatic heterocycles. The minimum absolute atomic E-state index is 0.322. The number of hydrogen-bond donors (Lipinski definition) is 1. The molecule has 100 valence electrons. The first-order chi connectivity index (χ1) is 9.06. The van der Waals surface area contributed by atoms with Gasteiger partial charge in [0.05, 0.1) is 5.69 Å². The van der Waals surface area contributed by atoms with Gasteiger partial charge in [0.2, 0.25) is 0 Å². The number of nitrogens with two attached hydrogens (primary N) is 1. The van der Waals surface area contributed by atoms with Crippen molar-refractivity contribution in [1.82, 2.24) is 9.78 Å². The van der Waals surface area contributed by atoms with Crippen molar-refractivity contribution >= 4 is 5.82 Å². The summed E-state index contributed by atoms with van der Waals surface area (Å²) in [6, 6.07) is 3.54. The Morgan fingerprint density at radius 3 is 2.74 bits per heavy atom. The Morgan fingerprint density at radius 2 is 2.11 bits per heavy atom. The first-order valence-electron chi connectivity index (χ1n) is 6.33. The van der Waals surface area contributed by atoms with E-state index in [0.717, 1.165) is 18.2 Å². The second kappa shape index (κ2) is 4.33. The number of halogens is 2. The van der Waals surface area contributed by atoms with Crippen molar-refractivity contribution in [1.29, 1.82) is 0 Å². The average Bonchev–Trinajstić information content (AvgIpc) is 3.10. The molecule has 0 bridgehead atoms. The normalized spacial score (nSPS) is 14.9. The molecule has 1 saturated carbocycles. The van der Waals surface area contributed by atoms with Gasteiger partial charge in [-0.1, -0.05) is 0 Å². The molecular weight excluding hydrogens is 248 g/mol. The van der Waals surface area contributed by atoms with Crippen LogP contribution in [0.4, 0.5) is 14.6 Å². The molecule has 1 fully saturated rings. The summed E-state index contributed by atoms with van der Waals surface area (Å²) in [5.74, 6) is -0.151. The van der Waals surface area contributed by atoms with E-state index in [1.165, 1.54) is 25.0 Å². The summed E-state index contributed by atoms with van der Waals surface area (Å²) < 4.78 is 28.5. The molecule has 3 rings (SSSR count). The third-order valence-electron chi connectivity index (χ3n) is 3.54. The molecule has 5 heteroatoms. The lowest BCUT2D eigenvalue weighted by molar-refractivity contribution is 0.585. The summed E-state index contributed by atoms with van der Waals surface area (Å²) in [5.41, 5.74) is 7.70. The highest BCUT2D eigenvalue weighted by atomic mass is 19.1. The Bertz CT molecular complexity index is 630. The Morgan fingerprint density at radius 1 is 1.37 bits per heavy atom. The molecule has 1 heterocycles. The first-order valence-corrected chi connectivity index (χ1v) is 6.33. The van der Waals surface area contributed by atoms with E-state index < -0.39 is 11.6 Å². The SMILES string of the molecule is Cn1nc(CC2CC2)c(-c2ccc(F)cc2F)c1N. The van der Waals surface area contributed by atoms with Crippen LogP contribution in [0, 0.1) is 17.6 Å². The highest BCUT2D eigenvalue weighted by Gasteiger charge is 2.27. The Balaban J connectivity index is 2.11. The standard InChI is InChI=1S/C14H15F2N3/c1-19-14(17)13(12(18-19)6-8-2-3-8)10-5-4-9(15)7-11(10)16/h4-5,7-8H,2-3,6,17H2,1H3. The van der Waals surface area contributed by atoms with Crippen LogP contribution in [0.2, 0.25) is 0 Å². The van der Waals surface area contributed by atoms with Gasteiger partial charge in [-0.05, 0) is 37.3 Å². The van der Waals surface area contributed by atoms with Crippen LogP contribution >= 0.6 is 0 Å². The highest BCUT2D eigenvalue weighted by Crippen LogP contribution is 2.38. The zero-order valence-corrected chi connectivity index (χ0v) is 10.7. The van der Waals surface area contributed by atoms with Crippen molar-refractivity contribution in [3.63, 3.8) is 0 Å². The number of rotatable bonds is 3. The van der Waals surface area contributed by atoms with E-state index in [1.807, 2.05) is 0 Å². The predicted molar refractivity (Wildman–Crippen MR) is 69.4 cm³/mol. The van der Waals surface area contributed by atoms with Gasteiger partial charge < -0.3 is 5.73 Å². The molecule has 0 amide bonds. The first kappa shape index (κ1) is 12.1. The van der Waals surface area contributed by atoms with E-state index in [2.05, 4.69) is 5.10 Å². The quantitative estimate of drug-likeness (QED) is 0.925. The number of benzene rings is 1. The molecule has 2 aromatic rings. The summed E-state index contributed by atoms with van der Waals surface area (Å²) in [7, 11) is 1.73. The molecule has 3 nitrogen and oxygen atoms in total. The topological polar surface area (TPSA) is 43.8 Å². The van der Waals surface area contributed by atoms with Crippen LogP contribution in [0.5, 0.6) is 0 Å². The molecule has 0 atom stereocenters. The molecule has 0 radical (unpaired) electrons. The molecule has 0 spiro atoms. The zero-order valence-electron chi connectivity index (χ0n) is 10.7. The Labute approximate surface area is 110 Å². The van der Waals surface area contributed by atoms with E-state index in [9.17, 15) is 8.78 Å². The van der Waals surface area contributed by atoms with E-state index in [0.29, 0.717) is 22.9 Å². The van der Waals surface area contributed by atoms with Crippen LogP contribution in [0.25, 0.3) is 11.1 Å². The van der Waals surface area contributed by atoms with Gasteiger partial charge >= 0.3 is 0 Å². The third kappa shape index (κ3) is 2.20. The predicted octanol–water partition coefficient (Wildman–Crippen LogP) is 2.90. The maximum Gasteiger partial charge on any atom is 0.134 e. The zero-order chi connectivity index (χ0) is 13.6. The van der Waals surface area contributed by atoms with Crippen LogP contribution in [0.15, 0.2) is 18.2 Å². The molecule has 0 aliphatic heterocycles. The molecule has 1 aromatic carbocycles. The molecule has 1 aliphatic carbocycles. The number of hydrogen-bond acceptors (Lipinski definition) is 2. The number of anilines is 1. The largest absolute Gasteiger partial charge is 0.383 e. The van der Waals surface area contributed by atoms with Gasteiger partial charge in [-0.2, -0.15) is 5.10 Å². The van der Waals surface area contributed by atoms with Crippen LogP contribution < -0.4 is 5.73 Å². The summed E-state index contributed by atoms with van der Waals surface area (Å²) >= 11 is 0. The lowest BCUT2D eigenvalue weighted by Gasteiger charge is -2.05. The number of nitrogen functional groups attached to an aromatic ring is 1. The van der Waals surface area contributed by atoms with E-state index in [4.69, 9.17) is 5.73 Å². The summed E-state index contributed by atoms with van der Waals surface area (Å²) in [6.45, 7) is 0. The van der Waals surface area contributed by atoms with Crippen LogP contribution in [-0.2, 0) is 13.5 Å². The smallest absolute Gasteiger partial charge is 0.134 e. The highest BCUT2D eigenvalue weighted by molar-refractivity contribution is 5.77. The van der Waals surface area contributed by atoms with Gasteiger partial charge in [0.1, 0.15) is 17.5 Å². The lowest BCUT2D eigenvalue weighted by atomic mass is 10.0. The summed E-state index contributed by atoms with van der Waals surface area (Å²) in [5, 5.41) is 4.36. The fraction of sp³-hybridized carbons (Fsp3) is 0.357.